The van der Waals surface area contributed by atoms with Crippen LogP contribution in [-0.2, 0) is 31.1 Å². The minimum absolute atomic E-state index is 0.0444. The van der Waals surface area contributed by atoms with Crippen molar-refractivity contribution in [1.29, 1.82) is 0 Å². The maximum Gasteiger partial charge on any atom is 0.508 e. The second-order valence-electron chi connectivity index (χ2n) is 19.5. The Morgan fingerprint density at radius 2 is 1.64 bits per heavy atom. The van der Waals surface area contributed by atoms with Crippen molar-refractivity contribution in [2.45, 2.75) is 75.7 Å². The van der Waals surface area contributed by atoms with E-state index in [9.17, 15) is 24.0 Å². The molecule has 4 aromatic carbocycles. The van der Waals surface area contributed by atoms with Crippen molar-refractivity contribution in [1.82, 2.24) is 24.7 Å². The molecule has 9 rings (SSSR count). The van der Waals surface area contributed by atoms with Crippen LogP contribution in [0.1, 0.15) is 99.4 Å². The molecule has 4 aliphatic heterocycles. The fourth-order valence-electron chi connectivity index (χ4n) is 10.2. The normalized spacial score (nSPS) is 19.2. The molecule has 384 valence electrons. The minimum Gasteiger partial charge on any atom is -0.456 e. The number of carbonyl (C=O) groups is 3. The number of H-pyrrole nitrogens is 1. The van der Waals surface area contributed by atoms with Crippen LogP contribution in [0.2, 0.25) is 0 Å². The van der Waals surface area contributed by atoms with E-state index in [0.717, 1.165) is 42.0 Å². The van der Waals surface area contributed by atoms with Crippen LogP contribution in [0.3, 0.4) is 0 Å². The van der Waals surface area contributed by atoms with Crippen molar-refractivity contribution in [3.05, 3.63) is 150 Å². The highest BCUT2D eigenvalue weighted by atomic mass is 16.7. The number of hydrogen-bond donors (Lipinski definition) is 2. The first-order valence-electron chi connectivity index (χ1n) is 24.9. The fraction of sp³-hybridized carbons (Fsp3) is 0.386. The Morgan fingerprint density at radius 3 is 2.30 bits per heavy atom. The van der Waals surface area contributed by atoms with Crippen LogP contribution in [-0.4, -0.2) is 124 Å². The zero-order valence-corrected chi connectivity index (χ0v) is 42.6. The minimum atomic E-state index is -1.41. The highest BCUT2D eigenvalue weighted by Gasteiger charge is 2.54. The Balaban J connectivity index is 0.850. The molecule has 5 aromatic rings. The summed E-state index contributed by atoms with van der Waals surface area (Å²) >= 11 is 0. The fourth-order valence-corrected chi connectivity index (χ4v) is 10.2. The summed E-state index contributed by atoms with van der Waals surface area (Å²) in [7, 11) is 9.84. The van der Waals surface area contributed by atoms with Gasteiger partial charge in [0.05, 0.1) is 18.2 Å². The lowest BCUT2D eigenvalue weighted by Crippen LogP contribution is -2.45. The van der Waals surface area contributed by atoms with Gasteiger partial charge in [0.15, 0.2) is 5.60 Å². The maximum atomic E-state index is 13.8. The van der Waals surface area contributed by atoms with E-state index in [1.807, 2.05) is 106 Å². The van der Waals surface area contributed by atoms with E-state index in [1.54, 1.807) is 18.2 Å². The van der Waals surface area contributed by atoms with Crippen LogP contribution in [0, 0.1) is 24.2 Å². The standard InChI is InChI=1S/C57H61N7O10/c1-8-36-15-17-37(18-16-36)33-63(35-42-14-10-11-26-62(42)7)27-28-70-56(69)73-50-32-51(72-47(50)9-2)64-34-39(53(66)59-55(64)68)13-12-25-58-52(65)38-19-22-43-46(29-38)57(74-54(43)67)44-23-20-40(60(3)4)30-48(44)71-49-31-41(61(5)6)21-24-45(49)57/h1,15-24,29-31,34,42,47,50-51H,9-11,14,25-28,32-33,35H2,2-7H3,(H,58,65)(H,59,66,68)/t42?,47-,50?,51-/m1/s1. The molecule has 17 heteroatoms. The Hall–Kier alpha value is -7.83. The predicted molar refractivity (Wildman–Crippen MR) is 279 cm³/mol. The third-order valence-corrected chi connectivity index (χ3v) is 14.3. The van der Waals surface area contributed by atoms with Crippen molar-refractivity contribution < 1.29 is 38.1 Å². The number of rotatable bonds is 14. The number of piperidine rings is 1. The van der Waals surface area contributed by atoms with Gasteiger partial charge in [-0.05, 0) is 93.0 Å². The van der Waals surface area contributed by atoms with Gasteiger partial charge >= 0.3 is 17.8 Å². The molecule has 1 aromatic heterocycles. The number of carbonyl (C=O) groups excluding carboxylic acids is 3. The van der Waals surface area contributed by atoms with Crippen LogP contribution >= 0.6 is 0 Å². The van der Waals surface area contributed by atoms with Crippen LogP contribution in [0.15, 0.2) is 94.6 Å². The van der Waals surface area contributed by atoms with E-state index in [2.05, 4.69) is 44.9 Å². The molecule has 0 aliphatic carbocycles. The molecule has 17 nitrogen and oxygen atoms in total. The lowest BCUT2D eigenvalue weighted by molar-refractivity contribution is -0.0385. The van der Waals surface area contributed by atoms with Crippen LogP contribution in [0.25, 0.3) is 0 Å². The molecule has 2 saturated heterocycles. The average Bonchev–Trinajstić information content (AvgIpc) is 3.93. The number of likely N-dealkylation sites (N-methyl/N-ethyl adjacent to an activating group) is 1. The highest BCUT2D eigenvalue weighted by molar-refractivity contribution is 6.00. The SMILES string of the molecule is C#Cc1ccc(CN(CCOC(=O)OC2C[C@H](n3cc(C#CCNC(=O)c4ccc5c(c4)C4(OC5=O)c5ccc(N(C)C)cc5Oc5cc(N(C)C)ccc54)c(=O)[nH]c3=O)O[C@@H]2CC)CC2CCCCN2C)cc1. The number of esters is 1. The van der Waals surface area contributed by atoms with Gasteiger partial charge in [0, 0.05) is 118 Å². The molecule has 2 N–H and O–H groups in total. The molecule has 1 spiro atoms. The largest absolute Gasteiger partial charge is 0.508 e. The van der Waals surface area contributed by atoms with Gasteiger partial charge in [0.1, 0.15) is 36.0 Å². The van der Waals surface area contributed by atoms with Crippen molar-refractivity contribution >= 4 is 29.4 Å². The second-order valence-corrected chi connectivity index (χ2v) is 19.5. The Labute approximate surface area is 430 Å². The summed E-state index contributed by atoms with van der Waals surface area (Å²) in [5.41, 5.74) is 3.05. The third kappa shape index (κ3) is 10.5. The van der Waals surface area contributed by atoms with Crippen LogP contribution in [0.4, 0.5) is 16.2 Å². The number of nitrogens with zero attached hydrogens (tertiary/aromatic N) is 5. The number of likely N-dealkylation sites (tertiary alicyclic amines) is 1. The van der Waals surface area contributed by atoms with Gasteiger partial charge in [-0.1, -0.05) is 43.2 Å². The zero-order chi connectivity index (χ0) is 52.3. The number of hydrogen-bond acceptors (Lipinski definition) is 14. The number of anilines is 2. The molecule has 0 saturated carbocycles. The van der Waals surface area contributed by atoms with E-state index < -0.39 is 53.3 Å². The summed E-state index contributed by atoms with van der Waals surface area (Å²) in [6, 6.07) is 24.4. The molecular formula is C57H61N7O10. The summed E-state index contributed by atoms with van der Waals surface area (Å²) in [5.74, 6) is 8.24. The van der Waals surface area contributed by atoms with E-state index in [0.29, 0.717) is 59.3 Å². The van der Waals surface area contributed by atoms with E-state index in [4.69, 9.17) is 30.1 Å². The number of nitrogens with one attached hydrogen (secondary N) is 2. The molecule has 0 radical (unpaired) electrons. The molecular weight excluding hydrogens is 943 g/mol. The van der Waals surface area contributed by atoms with Gasteiger partial charge in [-0.25, -0.2) is 14.4 Å². The average molecular weight is 1000 g/mol. The first-order valence-corrected chi connectivity index (χ1v) is 24.9. The summed E-state index contributed by atoms with van der Waals surface area (Å²) < 4.78 is 31.7. The van der Waals surface area contributed by atoms with Crippen LogP contribution in [0.5, 0.6) is 11.5 Å². The van der Waals surface area contributed by atoms with Gasteiger partial charge in [0.25, 0.3) is 11.5 Å². The molecule has 2 unspecified atom stereocenters. The first-order chi connectivity index (χ1) is 35.6. The molecule has 4 aliphatic rings. The summed E-state index contributed by atoms with van der Waals surface area (Å²) in [4.78, 5) is 77.6. The van der Waals surface area contributed by atoms with Crippen molar-refractivity contribution in [2.75, 3.05) is 77.8 Å². The molecule has 4 atom stereocenters. The van der Waals surface area contributed by atoms with E-state index >= 15 is 0 Å². The number of aromatic nitrogens is 2. The van der Waals surface area contributed by atoms with E-state index in [-0.39, 0.29) is 30.7 Å². The quantitative estimate of drug-likeness (QED) is 0.0949. The molecule has 1 amide bonds. The summed E-state index contributed by atoms with van der Waals surface area (Å²) in [6.45, 7) is 4.82. The van der Waals surface area contributed by atoms with Crippen LogP contribution < -0.4 is 31.1 Å². The Kier molecular flexibility index (Phi) is 15.0. The summed E-state index contributed by atoms with van der Waals surface area (Å²) in [6.07, 6.45) is 7.90. The molecule has 74 heavy (non-hydrogen) atoms. The van der Waals surface area contributed by atoms with Gasteiger partial charge in [0.2, 0.25) is 0 Å². The number of ether oxygens (including phenoxy) is 5. The Bertz CT molecular complexity index is 3120. The second kappa shape index (κ2) is 21.7. The molecule has 2 fully saturated rings. The molecule has 5 heterocycles. The van der Waals surface area contributed by atoms with Gasteiger partial charge in [-0.3, -0.25) is 24.0 Å². The van der Waals surface area contributed by atoms with E-state index in [1.165, 1.54) is 23.6 Å². The maximum absolute atomic E-state index is 13.8. The van der Waals surface area contributed by atoms with Crippen molar-refractivity contribution in [2.24, 2.45) is 0 Å². The smallest absolute Gasteiger partial charge is 0.456 e. The van der Waals surface area contributed by atoms with Gasteiger partial charge in [-0.15, -0.1) is 6.42 Å². The monoisotopic (exact) mass is 1000 g/mol. The van der Waals surface area contributed by atoms with Crippen molar-refractivity contribution in [3.63, 3.8) is 0 Å². The predicted octanol–water partition coefficient (Wildman–Crippen LogP) is 6.21. The first kappa shape index (κ1) is 51.1. The number of aromatic amines is 1. The molecule has 0 bridgehead atoms. The number of fused-ring (bicyclic) bond motifs is 6. The lowest BCUT2D eigenvalue weighted by Gasteiger charge is -2.37. The highest BCUT2D eigenvalue weighted by Crippen LogP contribution is 2.57. The number of terminal acetylenes is 1. The van der Waals surface area contributed by atoms with Gasteiger partial charge < -0.3 is 43.7 Å². The zero-order valence-electron chi connectivity index (χ0n) is 42.6. The third-order valence-electron chi connectivity index (χ3n) is 14.3. The number of amides is 1. The topological polar surface area (TPSA) is 177 Å². The lowest BCUT2D eigenvalue weighted by atomic mass is 9.77. The van der Waals surface area contributed by atoms with Gasteiger partial charge in [-0.2, -0.15) is 0 Å². The summed E-state index contributed by atoms with van der Waals surface area (Å²) in [5, 5.41) is 2.78. The van der Waals surface area contributed by atoms with Crippen molar-refractivity contribution in [3.8, 4) is 35.7 Å². The number of benzene rings is 4. The Morgan fingerprint density at radius 1 is 0.919 bits per heavy atom.